The van der Waals surface area contributed by atoms with Gasteiger partial charge in [0, 0.05) is 6.08 Å². The standard InChI is InChI=1S/C10H10N2O3/c13-10(12-15)6-5-8-1-3-9(4-2-8)7-11-14/h1-7,14-15H,(H,12,13). The highest BCUT2D eigenvalue weighted by Crippen LogP contribution is 2.04. The quantitative estimate of drug-likeness (QED) is 0.227. The fourth-order valence-electron chi connectivity index (χ4n) is 0.969. The third-order valence-corrected chi connectivity index (χ3v) is 1.68. The van der Waals surface area contributed by atoms with Crippen LogP contribution in [-0.4, -0.2) is 22.5 Å². The Bertz CT molecular complexity index is 382. The van der Waals surface area contributed by atoms with Crippen LogP contribution in [0.5, 0.6) is 0 Å². The maximum atomic E-state index is 10.7. The summed E-state index contributed by atoms with van der Waals surface area (Å²) in [7, 11) is 0. The summed E-state index contributed by atoms with van der Waals surface area (Å²) in [5.41, 5.74) is 3.04. The van der Waals surface area contributed by atoms with Crippen molar-refractivity contribution in [2.45, 2.75) is 0 Å². The molecule has 0 aliphatic heterocycles. The molecule has 0 aliphatic carbocycles. The zero-order valence-corrected chi connectivity index (χ0v) is 7.79. The highest BCUT2D eigenvalue weighted by atomic mass is 16.5. The summed E-state index contributed by atoms with van der Waals surface area (Å²) < 4.78 is 0. The molecule has 5 heteroatoms. The van der Waals surface area contributed by atoms with Crippen molar-refractivity contribution in [1.29, 1.82) is 0 Å². The van der Waals surface area contributed by atoms with Crippen LogP contribution < -0.4 is 5.48 Å². The fourth-order valence-corrected chi connectivity index (χ4v) is 0.969. The van der Waals surface area contributed by atoms with Gasteiger partial charge in [-0.05, 0) is 17.2 Å². The van der Waals surface area contributed by atoms with E-state index in [0.717, 1.165) is 11.1 Å². The molecule has 1 aromatic carbocycles. The van der Waals surface area contributed by atoms with Crippen LogP contribution in [0.15, 0.2) is 35.5 Å². The molecule has 0 atom stereocenters. The zero-order valence-electron chi connectivity index (χ0n) is 7.79. The first kappa shape index (κ1) is 10.9. The molecule has 15 heavy (non-hydrogen) atoms. The summed E-state index contributed by atoms with van der Waals surface area (Å²) in [4.78, 5) is 10.7. The van der Waals surface area contributed by atoms with Gasteiger partial charge in [-0.3, -0.25) is 10.0 Å². The molecule has 0 unspecified atom stereocenters. The van der Waals surface area contributed by atoms with Crippen LogP contribution in [0.2, 0.25) is 0 Å². The summed E-state index contributed by atoms with van der Waals surface area (Å²) in [5.74, 6) is -0.587. The largest absolute Gasteiger partial charge is 0.411 e. The minimum Gasteiger partial charge on any atom is -0.411 e. The first-order valence-electron chi connectivity index (χ1n) is 4.16. The number of hydrogen-bond donors (Lipinski definition) is 3. The maximum Gasteiger partial charge on any atom is 0.267 e. The Morgan fingerprint density at radius 2 is 1.87 bits per heavy atom. The molecule has 0 radical (unpaired) electrons. The third kappa shape index (κ3) is 3.61. The lowest BCUT2D eigenvalue weighted by molar-refractivity contribution is -0.124. The van der Waals surface area contributed by atoms with Crippen molar-refractivity contribution < 1.29 is 15.2 Å². The smallest absolute Gasteiger partial charge is 0.267 e. The van der Waals surface area contributed by atoms with E-state index < -0.39 is 5.91 Å². The Morgan fingerprint density at radius 3 is 2.40 bits per heavy atom. The average molecular weight is 206 g/mol. The lowest BCUT2D eigenvalue weighted by Gasteiger charge is -1.94. The van der Waals surface area contributed by atoms with Crippen molar-refractivity contribution in [2.24, 2.45) is 5.16 Å². The molecule has 0 spiro atoms. The van der Waals surface area contributed by atoms with E-state index >= 15 is 0 Å². The van der Waals surface area contributed by atoms with Crippen molar-refractivity contribution in [2.75, 3.05) is 0 Å². The van der Waals surface area contributed by atoms with E-state index in [-0.39, 0.29) is 0 Å². The predicted octanol–water partition coefficient (Wildman–Crippen LogP) is 1.01. The summed E-state index contributed by atoms with van der Waals surface area (Å²) in [5, 5.41) is 19.4. The molecule has 0 aliphatic rings. The molecule has 5 nitrogen and oxygen atoms in total. The van der Waals surface area contributed by atoms with E-state index in [4.69, 9.17) is 10.4 Å². The number of oxime groups is 1. The van der Waals surface area contributed by atoms with Crippen LogP contribution in [0, 0.1) is 0 Å². The maximum absolute atomic E-state index is 10.7. The molecule has 1 aromatic rings. The fraction of sp³-hybridized carbons (Fsp3) is 0. The number of carbonyl (C=O) groups is 1. The molecular formula is C10H10N2O3. The van der Waals surface area contributed by atoms with Crippen LogP contribution in [0.4, 0.5) is 0 Å². The van der Waals surface area contributed by atoms with E-state index in [1.165, 1.54) is 17.8 Å². The van der Waals surface area contributed by atoms with E-state index in [1.54, 1.807) is 30.3 Å². The van der Waals surface area contributed by atoms with E-state index in [0.29, 0.717) is 0 Å². The molecule has 0 bridgehead atoms. The monoisotopic (exact) mass is 206 g/mol. The second-order valence-electron chi connectivity index (χ2n) is 2.72. The molecule has 0 fully saturated rings. The van der Waals surface area contributed by atoms with Gasteiger partial charge in [0.25, 0.3) is 5.91 Å². The Kier molecular flexibility index (Phi) is 4.05. The molecule has 1 rings (SSSR count). The van der Waals surface area contributed by atoms with Crippen LogP contribution in [0.1, 0.15) is 11.1 Å². The Balaban J connectivity index is 2.72. The van der Waals surface area contributed by atoms with Gasteiger partial charge >= 0.3 is 0 Å². The first-order chi connectivity index (χ1) is 7.26. The summed E-state index contributed by atoms with van der Waals surface area (Å²) in [6.07, 6.45) is 4.05. The molecule has 3 N–H and O–H groups in total. The normalized spacial score (nSPS) is 11.0. The second kappa shape index (κ2) is 5.56. The number of carbonyl (C=O) groups excluding carboxylic acids is 1. The van der Waals surface area contributed by atoms with Crippen LogP contribution in [-0.2, 0) is 4.79 Å². The van der Waals surface area contributed by atoms with Crippen molar-refractivity contribution in [3.63, 3.8) is 0 Å². The Hall–Kier alpha value is -2.14. The topological polar surface area (TPSA) is 81.9 Å². The highest BCUT2D eigenvalue weighted by Gasteiger charge is 1.91. The minimum atomic E-state index is -0.587. The van der Waals surface area contributed by atoms with Gasteiger partial charge in [-0.15, -0.1) is 0 Å². The van der Waals surface area contributed by atoms with Crippen molar-refractivity contribution in [3.05, 3.63) is 41.5 Å². The summed E-state index contributed by atoms with van der Waals surface area (Å²) in [6.45, 7) is 0. The van der Waals surface area contributed by atoms with Gasteiger partial charge in [0.05, 0.1) is 6.21 Å². The number of nitrogens with zero attached hydrogens (tertiary/aromatic N) is 1. The second-order valence-corrected chi connectivity index (χ2v) is 2.72. The van der Waals surface area contributed by atoms with Crippen LogP contribution in [0.25, 0.3) is 6.08 Å². The third-order valence-electron chi connectivity index (χ3n) is 1.68. The molecule has 0 aromatic heterocycles. The van der Waals surface area contributed by atoms with Crippen molar-refractivity contribution in [1.82, 2.24) is 5.48 Å². The van der Waals surface area contributed by atoms with Gasteiger partial charge in [0.2, 0.25) is 0 Å². The van der Waals surface area contributed by atoms with Gasteiger partial charge in [-0.25, -0.2) is 5.48 Å². The number of benzene rings is 1. The number of hydrogen-bond acceptors (Lipinski definition) is 4. The number of nitrogens with one attached hydrogen (secondary N) is 1. The van der Waals surface area contributed by atoms with Gasteiger partial charge in [-0.2, -0.15) is 0 Å². The molecule has 1 amide bonds. The van der Waals surface area contributed by atoms with E-state index in [2.05, 4.69) is 5.16 Å². The first-order valence-corrected chi connectivity index (χ1v) is 4.16. The molecular weight excluding hydrogens is 196 g/mol. The van der Waals surface area contributed by atoms with Gasteiger partial charge in [0.15, 0.2) is 0 Å². The molecule has 0 saturated carbocycles. The van der Waals surface area contributed by atoms with Gasteiger partial charge < -0.3 is 5.21 Å². The molecule has 0 saturated heterocycles. The van der Waals surface area contributed by atoms with Crippen molar-refractivity contribution >= 4 is 18.2 Å². The summed E-state index contributed by atoms with van der Waals surface area (Å²) in [6, 6.07) is 6.96. The van der Waals surface area contributed by atoms with Gasteiger partial charge in [0.1, 0.15) is 0 Å². The minimum absolute atomic E-state index is 0.587. The lowest BCUT2D eigenvalue weighted by Crippen LogP contribution is -2.14. The predicted molar refractivity (Wildman–Crippen MR) is 54.8 cm³/mol. The number of rotatable bonds is 3. The SMILES string of the molecule is O=C(C=Cc1ccc(C=NO)cc1)NO. The van der Waals surface area contributed by atoms with E-state index in [9.17, 15) is 4.79 Å². The van der Waals surface area contributed by atoms with Crippen LogP contribution >= 0.6 is 0 Å². The summed E-state index contributed by atoms with van der Waals surface area (Å²) >= 11 is 0. The van der Waals surface area contributed by atoms with Gasteiger partial charge in [-0.1, -0.05) is 29.4 Å². The zero-order chi connectivity index (χ0) is 11.1. The lowest BCUT2D eigenvalue weighted by atomic mass is 10.1. The van der Waals surface area contributed by atoms with Crippen molar-refractivity contribution in [3.8, 4) is 0 Å². The van der Waals surface area contributed by atoms with Crippen LogP contribution in [0.3, 0.4) is 0 Å². The number of hydroxylamine groups is 1. The highest BCUT2D eigenvalue weighted by molar-refractivity contribution is 5.91. The molecule has 0 heterocycles. The Morgan fingerprint density at radius 1 is 1.27 bits per heavy atom. The van der Waals surface area contributed by atoms with E-state index in [1.807, 2.05) is 0 Å². The molecule has 78 valence electrons. The Labute approximate surface area is 86.3 Å². The number of amides is 1. The average Bonchev–Trinajstić information content (AvgIpc) is 2.28.